The molecule has 4 rings (SSSR count). The highest BCUT2D eigenvalue weighted by molar-refractivity contribution is 6.23. The molecule has 1 fully saturated rings. The summed E-state index contributed by atoms with van der Waals surface area (Å²) < 4.78 is 14.4. The first-order valence-electron chi connectivity index (χ1n) is 8.78. The van der Waals surface area contributed by atoms with Gasteiger partial charge in [0.2, 0.25) is 5.91 Å². The molecule has 7 heteroatoms. The molecule has 0 bridgehead atoms. The summed E-state index contributed by atoms with van der Waals surface area (Å²) in [7, 11) is 0. The normalized spacial score (nSPS) is 19.8. The lowest BCUT2D eigenvalue weighted by Gasteiger charge is -2.43. The van der Waals surface area contributed by atoms with E-state index in [1.807, 2.05) is 13.8 Å². The van der Waals surface area contributed by atoms with Crippen molar-refractivity contribution in [2.75, 3.05) is 13.1 Å². The Morgan fingerprint density at radius 3 is 2.81 bits per heavy atom. The minimum absolute atomic E-state index is 0.0664. The van der Waals surface area contributed by atoms with Crippen LogP contribution in [0.4, 0.5) is 4.39 Å². The summed E-state index contributed by atoms with van der Waals surface area (Å²) in [5, 5.41) is 8.93. The van der Waals surface area contributed by atoms with E-state index in [0.717, 1.165) is 5.69 Å². The van der Waals surface area contributed by atoms with E-state index in [4.69, 9.17) is 5.26 Å². The molecular formula is C19H19FN4O2. The third kappa shape index (κ3) is 2.32. The van der Waals surface area contributed by atoms with E-state index in [1.54, 1.807) is 11.0 Å². The first-order valence-corrected chi connectivity index (χ1v) is 8.78. The quantitative estimate of drug-likeness (QED) is 0.824. The predicted octanol–water partition coefficient (Wildman–Crippen LogP) is 1.51. The van der Waals surface area contributed by atoms with Crippen LogP contribution in [0.3, 0.4) is 0 Å². The van der Waals surface area contributed by atoms with Gasteiger partial charge >= 0.3 is 0 Å². The Morgan fingerprint density at radius 1 is 1.42 bits per heavy atom. The second-order valence-electron chi connectivity index (χ2n) is 7.42. The van der Waals surface area contributed by atoms with Crippen molar-refractivity contribution >= 4 is 17.4 Å². The lowest BCUT2D eigenvalue weighted by Crippen LogP contribution is -2.59. The molecule has 2 amide bonds. The molecule has 0 N–H and O–H groups in total. The van der Waals surface area contributed by atoms with Crippen LogP contribution in [0.2, 0.25) is 0 Å². The van der Waals surface area contributed by atoms with Crippen LogP contribution < -0.4 is 0 Å². The molecule has 0 spiro atoms. The van der Waals surface area contributed by atoms with Crippen LogP contribution in [0.1, 0.15) is 30.7 Å². The van der Waals surface area contributed by atoms with Gasteiger partial charge in [-0.15, -0.1) is 0 Å². The molecule has 0 aromatic carbocycles. The van der Waals surface area contributed by atoms with Crippen molar-refractivity contribution in [2.45, 2.75) is 32.9 Å². The second-order valence-corrected chi connectivity index (χ2v) is 7.42. The Labute approximate surface area is 150 Å². The van der Waals surface area contributed by atoms with Gasteiger partial charge in [-0.1, -0.05) is 19.9 Å². The maximum absolute atomic E-state index is 14.4. The summed E-state index contributed by atoms with van der Waals surface area (Å²) in [5.41, 5.74) is 2.21. The highest BCUT2D eigenvalue weighted by atomic mass is 19.1. The van der Waals surface area contributed by atoms with E-state index >= 15 is 0 Å². The van der Waals surface area contributed by atoms with E-state index in [-0.39, 0.29) is 30.2 Å². The fourth-order valence-corrected chi connectivity index (χ4v) is 4.02. The van der Waals surface area contributed by atoms with Crippen molar-refractivity contribution in [2.24, 2.45) is 11.8 Å². The Balaban J connectivity index is 1.68. The number of likely N-dealkylation sites (tertiary alicyclic amines) is 1. The van der Waals surface area contributed by atoms with Gasteiger partial charge in [0.05, 0.1) is 30.4 Å². The van der Waals surface area contributed by atoms with Gasteiger partial charge < -0.3 is 9.80 Å². The van der Waals surface area contributed by atoms with Crippen LogP contribution in [-0.4, -0.2) is 45.7 Å². The van der Waals surface area contributed by atoms with Crippen molar-refractivity contribution in [3.63, 3.8) is 0 Å². The minimum Gasteiger partial charge on any atom is -0.338 e. The summed E-state index contributed by atoms with van der Waals surface area (Å²) in [6.45, 7) is 4.61. The fraction of sp³-hybridized carbons (Fsp3) is 0.474. The van der Waals surface area contributed by atoms with Crippen LogP contribution in [0.25, 0.3) is 5.57 Å². The van der Waals surface area contributed by atoms with Crippen LogP contribution in [0.15, 0.2) is 12.3 Å². The van der Waals surface area contributed by atoms with Gasteiger partial charge in [-0.3, -0.25) is 14.6 Å². The Bertz CT molecular complexity index is 880. The van der Waals surface area contributed by atoms with Crippen molar-refractivity contribution in [3.05, 3.63) is 34.9 Å². The number of carbonyl (C=O) groups is 2. The van der Waals surface area contributed by atoms with E-state index in [2.05, 4.69) is 11.1 Å². The standard InChI is InChI=1S/C19H19FN4O2/c1-10(2)17(19(26)23-7-11(5-21)8-23)24-9-13-14(20)6-22-15-4-3-12(16(13)15)18(24)25/h3,6,10-11,17H,4,7-9H2,1-2H3/t17-/m1/s1. The van der Waals surface area contributed by atoms with Crippen molar-refractivity contribution in [1.29, 1.82) is 5.26 Å². The van der Waals surface area contributed by atoms with Crippen LogP contribution in [0, 0.1) is 29.0 Å². The van der Waals surface area contributed by atoms with Crippen molar-refractivity contribution < 1.29 is 14.0 Å². The third-order valence-electron chi connectivity index (χ3n) is 5.40. The molecule has 26 heavy (non-hydrogen) atoms. The molecule has 2 aliphatic heterocycles. The summed E-state index contributed by atoms with van der Waals surface area (Å²) >= 11 is 0. The Hall–Kier alpha value is -2.75. The number of hydrogen-bond acceptors (Lipinski definition) is 4. The summed E-state index contributed by atoms with van der Waals surface area (Å²) in [6, 6.07) is 1.47. The van der Waals surface area contributed by atoms with E-state index in [1.165, 1.54) is 11.1 Å². The third-order valence-corrected chi connectivity index (χ3v) is 5.40. The fourth-order valence-electron chi connectivity index (χ4n) is 4.02. The number of aromatic nitrogens is 1. The number of amides is 2. The average Bonchev–Trinajstić information content (AvgIpc) is 2.98. The lowest BCUT2D eigenvalue weighted by atomic mass is 9.90. The first kappa shape index (κ1) is 16.7. The Kier molecular flexibility index (Phi) is 3.79. The molecular weight excluding hydrogens is 335 g/mol. The molecule has 1 aromatic rings. The largest absolute Gasteiger partial charge is 0.338 e. The summed E-state index contributed by atoms with van der Waals surface area (Å²) in [4.78, 5) is 33.2. The zero-order chi connectivity index (χ0) is 18.6. The number of pyridine rings is 1. The number of nitriles is 1. The van der Waals surface area contributed by atoms with E-state index in [0.29, 0.717) is 36.2 Å². The SMILES string of the molecule is CC(C)[C@H](C(=O)N1CC(C#N)C1)N1Cc2c(F)cnc3c2C(=CC3)C1=O. The zero-order valence-electron chi connectivity index (χ0n) is 14.7. The van der Waals surface area contributed by atoms with Crippen LogP contribution in [0.5, 0.6) is 0 Å². The van der Waals surface area contributed by atoms with Gasteiger partial charge in [0, 0.05) is 36.2 Å². The number of halogens is 1. The Morgan fingerprint density at radius 2 is 2.15 bits per heavy atom. The van der Waals surface area contributed by atoms with Gasteiger partial charge in [-0.25, -0.2) is 4.39 Å². The van der Waals surface area contributed by atoms with Gasteiger partial charge in [0.25, 0.3) is 5.91 Å². The van der Waals surface area contributed by atoms with Crippen LogP contribution >= 0.6 is 0 Å². The van der Waals surface area contributed by atoms with Gasteiger partial charge in [0.15, 0.2) is 0 Å². The molecule has 3 heterocycles. The number of hydrogen-bond donors (Lipinski definition) is 0. The van der Waals surface area contributed by atoms with Gasteiger partial charge in [-0.2, -0.15) is 5.26 Å². The average molecular weight is 354 g/mol. The smallest absolute Gasteiger partial charge is 0.255 e. The zero-order valence-corrected chi connectivity index (χ0v) is 14.7. The molecule has 1 saturated heterocycles. The van der Waals surface area contributed by atoms with Crippen molar-refractivity contribution in [1.82, 2.24) is 14.8 Å². The van der Waals surface area contributed by atoms with Gasteiger partial charge in [-0.05, 0) is 5.92 Å². The molecule has 0 unspecified atom stereocenters. The monoisotopic (exact) mass is 354 g/mol. The van der Waals surface area contributed by atoms with E-state index < -0.39 is 11.9 Å². The molecule has 0 radical (unpaired) electrons. The number of allylic oxidation sites excluding steroid dienone is 1. The topological polar surface area (TPSA) is 77.3 Å². The highest BCUT2D eigenvalue weighted by Gasteiger charge is 2.44. The molecule has 6 nitrogen and oxygen atoms in total. The van der Waals surface area contributed by atoms with Crippen molar-refractivity contribution in [3.8, 4) is 6.07 Å². The molecule has 0 saturated carbocycles. The number of carbonyl (C=O) groups excluding carboxylic acids is 2. The predicted molar refractivity (Wildman–Crippen MR) is 90.7 cm³/mol. The van der Waals surface area contributed by atoms with Crippen LogP contribution in [-0.2, 0) is 22.6 Å². The van der Waals surface area contributed by atoms with Gasteiger partial charge in [0.1, 0.15) is 11.9 Å². The molecule has 1 aromatic heterocycles. The first-order chi connectivity index (χ1) is 12.4. The summed E-state index contributed by atoms with van der Waals surface area (Å²) in [6.07, 6.45) is 3.47. The lowest BCUT2D eigenvalue weighted by molar-refractivity contribution is -0.149. The molecule has 3 aliphatic rings. The summed E-state index contributed by atoms with van der Waals surface area (Å²) in [5.74, 6) is -1.13. The molecule has 1 atom stereocenters. The number of nitrogens with zero attached hydrogens (tertiary/aromatic N) is 4. The molecule has 134 valence electrons. The maximum Gasteiger partial charge on any atom is 0.255 e. The minimum atomic E-state index is -0.673. The van der Waals surface area contributed by atoms with E-state index in [9.17, 15) is 14.0 Å². The highest BCUT2D eigenvalue weighted by Crippen LogP contribution is 2.38. The molecule has 1 aliphatic carbocycles. The number of rotatable bonds is 3. The second kappa shape index (κ2) is 5.90. The maximum atomic E-state index is 14.4.